The van der Waals surface area contributed by atoms with Gasteiger partial charge in [-0.3, -0.25) is 9.52 Å². The zero-order valence-electron chi connectivity index (χ0n) is 6.33. The summed E-state index contributed by atoms with van der Waals surface area (Å²) in [5.74, 6) is -0.442. The number of carbonyl (C=O) groups is 1. The van der Waals surface area contributed by atoms with Crippen LogP contribution >= 0.6 is 15.9 Å². The van der Waals surface area contributed by atoms with Crippen LogP contribution in [0.4, 0.5) is 0 Å². The van der Waals surface area contributed by atoms with Crippen LogP contribution in [-0.4, -0.2) is 10.1 Å². The maximum atomic E-state index is 11.5. The van der Waals surface area contributed by atoms with Crippen molar-refractivity contribution in [2.45, 2.75) is 4.90 Å². The second kappa shape index (κ2) is 2.55. The second-order valence-electron chi connectivity index (χ2n) is 2.63. The monoisotopic (exact) mass is 260 g/mol. The van der Waals surface area contributed by atoms with Crippen LogP contribution in [-0.2, 0) is 9.92 Å². The zero-order chi connectivity index (χ0) is 9.64. The Balaban J connectivity index is 2.81. The van der Waals surface area contributed by atoms with Gasteiger partial charge in [-0.15, -0.1) is 0 Å². The number of benzene rings is 1. The molecule has 2 N–H and O–H groups in total. The Morgan fingerprint density at radius 1 is 1.46 bits per heavy atom. The smallest absolute Gasteiger partial charge is 0.265 e. The van der Waals surface area contributed by atoms with Gasteiger partial charge in [-0.1, -0.05) is 15.9 Å². The van der Waals surface area contributed by atoms with E-state index in [1.165, 1.54) is 6.07 Å². The van der Waals surface area contributed by atoms with Gasteiger partial charge in [-0.2, -0.15) is 0 Å². The number of hydrogen-bond acceptors (Lipinski definition) is 3. The first-order chi connectivity index (χ1) is 6.00. The summed E-state index contributed by atoms with van der Waals surface area (Å²) in [6.45, 7) is 0. The topological polar surface area (TPSA) is 70.0 Å². The number of amides is 1. The molecule has 0 radical (unpaired) electrons. The van der Waals surface area contributed by atoms with Gasteiger partial charge in [0.25, 0.3) is 5.91 Å². The normalized spacial score (nSPS) is 25.5. The standard InChI is InChI=1S/C7H5BrN2O2S/c8-4-1-2-5-6(3-4)13(9,12)10-7(5)11/h1-3H,(H2,9,10,11,12). The minimum atomic E-state index is -3.11. The van der Waals surface area contributed by atoms with Gasteiger partial charge in [0.1, 0.15) is 0 Å². The molecule has 0 saturated carbocycles. The fourth-order valence-electron chi connectivity index (χ4n) is 1.16. The van der Waals surface area contributed by atoms with Crippen LogP contribution in [0, 0.1) is 4.78 Å². The number of nitrogens with one attached hydrogen (secondary N) is 2. The predicted octanol–water partition coefficient (Wildman–Crippen LogP) is 1.51. The molecule has 2 rings (SSSR count). The number of hydrogen-bond donors (Lipinski definition) is 2. The third kappa shape index (κ3) is 1.26. The van der Waals surface area contributed by atoms with E-state index in [4.69, 9.17) is 4.78 Å². The Morgan fingerprint density at radius 3 is 2.85 bits per heavy atom. The van der Waals surface area contributed by atoms with E-state index in [0.717, 1.165) is 0 Å². The highest BCUT2D eigenvalue weighted by atomic mass is 79.9. The summed E-state index contributed by atoms with van der Waals surface area (Å²) in [6.07, 6.45) is 0. The molecule has 6 heteroatoms. The molecule has 0 aliphatic carbocycles. The molecular weight excluding hydrogens is 256 g/mol. The summed E-state index contributed by atoms with van der Waals surface area (Å²) in [6, 6.07) is 4.76. The van der Waals surface area contributed by atoms with Gasteiger partial charge in [-0.05, 0) is 18.2 Å². The molecule has 1 aromatic rings. The van der Waals surface area contributed by atoms with E-state index >= 15 is 0 Å². The van der Waals surface area contributed by atoms with Crippen molar-refractivity contribution >= 4 is 31.8 Å². The quantitative estimate of drug-likeness (QED) is 0.743. The molecule has 0 fully saturated rings. The molecule has 13 heavy (non-hydrogen) atoms. The highest BCUT2D eigenvalue weighted by Crippen LogP contribution is 2.25. The fourth-order valence-corrected chi connectivity index (χ4v) is 2.92. The molecule has 1 unspecified atom stereocenters. The lowest BCUT2D eigenvalue weighted by Gasteiger charge is -1.97. The molecule has 4 nitrogen and oxygen atoms in total. The molecule has 0 bridgehead atoms. The molecule has 0 aromatic heterocycles. The maximum absolute atomic E-state index is 11.5. The predicted molar refractivity (Wildman–Crippen MR) is 50.7 cm³/mol. The molecular formula is C7H5BrN2O2S. The Bertz CT molecular complexity index is 495. The summed E-state index contributed by atoms with van der Waals surface area (Å²) < 4.78 is 21.7. The first-order valence-electron chi connectivity index (χ1n) is 3.41. The van der Waals surface area contributed by atoms with Crippen LogP contribution in [0.15, 0.2) is 27.6 Å². The van der Waals surface area contributed by atoms with Crippen molar-refractivity contribution in [3.8, 4) is 0 Å². The maximum Gasteiger partial charge on any atom is 0.265 e. The minimum Gasteiger partial charge on any atom is -0.268 e. The molecule has 0 saturated heterocycles. The molecule has 1 aliphatic rings. The van der Waals surface area contributed by atoms with Crippen LogP contribution in [0.25, 0.3) is 0 Å². The molecule has 68 valence electrons. The summed E-state index contributed by atoms with van der Waals surface area (Å²) >= 11 is 3.19. The van der Waals surface area contributed by atoms with E-state index in [-0.39, 0.29) is 4.90 Å². The van der Waals surface area contributed by atoms with Gasteiger partial charge in [0.2, 0.25) is 0 Å². The van der Waals surface area contributed by atoms with E-state index in [0.29, 0.717) is 10.0 Å². The molecule has 1 heterocycles. The number of halogens is 1. The summed E-state index contributed by atoms with van der Waals surface area (Å²) in [5, 5.41) is 0. The van der Waals surface area contributed by atoms with E-state index in [2.05, 4.69) is 20.7 Å². The van der Waals surface area contributed by atoms with Gasteiger partial charge in [0.05, 0.1) is 10.5 Å². The van der Waals surface area contributed by atoms with Crippen LogP contribution in [0.5, 0.6) is 0 Å². The second-order valence-corrected chi connectivity index (χ2v) is 5.30. The Morgan fingerprint density at radius 2 is 2.15 bits per heavy atom. The van der Waals surface area contributed by atoms with Crippen LogP contribution in [0.3, 0.4) is 0 Å². The van der Waals surface area contributed by atoms with Crippen molar-refractivity contribution in [1.29, 1.82) is 4.78 Å². The Hall–Kier alpha value is -0.880. The first kappa shape index (κ1) is 8.71. The van der Waals surface area contributed by atoms with Crippen LogP contribution < -0.4 is 4.72 Å². The summed E-state index contributed by atoms with van der Waals surface area (Å²) in [5.41, 5.74) is 0.322. The Labute approximate surface area is 83.6 Å². The van der Waals surface area contributed by atoms with Crippen molar-refractivity contribution < 1.29 is 9.00 Å². The number of carbonyl (C=O) groups excluding carboxylic acids is 1. The average molecular weight is 261 g/mol. The van der Waals surface area contributed by atoms with Crippen LogP contribution in [0.1, 0.15) is 10.4 Å². The lowest BCUT2D eigenvalue weighted by atomic mass is 10.2. The number of rotatable bonds is 0. The fraction of sp³-hybridized carbons (Fsp3) is 0. The first-order valence-corrected chi connectivity index (χ1v) is 5.76. The van der Waals surface area contributed by atoms with Crippen molar-refractivity contribution in [2.24, 2.45) is 0 Å². The van der Waals surface area contributed by atoms with Gasteiger partial charge in [0.15, 0.2) is 9.92 Å². The van der Waals surface area contributed by atoms with Crippen LogP contribution in [0.2, 0.25) is 0 Å². The van der Waals surface area contributed by atoms with E-state index in [1.54, 1.807) is 12.1 Å². The minimum absolute atomic E-state index is 0.256. The molecule has 1 amide bonds. The highest BCUT2D eigenvalue weighted by Gasteiger charge is 2.29. The lowest BCUT2D eigenvalue weighted by molar-refractivity contribution is 0.0985. The summed E-state index contributed by atoms with van der Waals surface area (Å²) in [7, 11) is -3.11. The average Bonchev–Trinajstić information content (AvgIpc) is 2.23. The summed E-state index contributed by atoms with van der Waals surface area (Å²) in [4.78, 5) is 11.4. The molecule has 1 atom stereocenters. The highest BCUT2D eigenvalue weighted by molar-refractivity contribution is 9.10. The largest absolute Gasteiger partial charge is 0.268 e. The van der Waals surface area contributed by atoms with Crippen molar-refractivity contribution in [3.63, 3.8) is 0 Å². The van der Waals surface area contributed by atoms with E-state index < -0.39 is 15.8 Å². The third-order valence-corrected chi connectivity index (χ3v) is 3.66. The lowest BCUT2D eigenvalue weighted by Crippen LogP contribution is -2.19. The Kier molecular flexibility index (Phi) is 1.71. The zero-order valence-corrected chi connectivity index (χ0v) is 8.74. The van der Waals surface area contributed by atoms with Gasteiger partial charge >= 0.3 is 0 Å². The van der Waals surface area contributed by atoms with Gasteiger partial charge in [0, 0.05) is 4.47 Å². The molecule has 0 spiro atoms. The van der Waals surface area contributed by atoms with E-state index in [9.17, 15) is 9.00 Å². The van der Waals surface area contributed by atoms with Gasteiger partial charge in [-0.25, -0.2) is 8.99 Å². The third-order valence-electron chi connectivity index (χ3n) is 1.73. The van der Waals surface area contributed by atoms with E-state index in [1.807, 2.05) is 0 Å². The van der Waals surface area contributed by atoms with Crippen molar-refractivity contribution in [2.75, 3.05) is 0 Å². The van der Waals surface area contributed by atoms with Crippen molar-refractivity contribution in [3.05, 3.63) is 28.2 Å². The van der Waals surface area contributed by atoms with Crippen molar-refractivity contribution in [1.82, 2.24) is 4.72 Å². The SMILES string of the molecule is N=S1(=O)NC(=O)c2ccc(Br)cc21. The van der Waals surface area contributed by atoms with Gasteiger partial charge < -0.3 is 0 Å². The molecule has 1 aliphatic heterocycles. The number of fused-ring (bicyclic) bond motifs is 1. The molecule has 1 aromatic carbocycles.